The Labute approximate surface area is 120 Å². The number of carbonyl (C=O) groups is 1. The summed E-state index contributed by atoms with van der Waals surface area (Å²) in [6.45, 7) is 3.93. The van der Waals surface area contributed by atoms with Crippen molar-refractivity contribution in [2.45, 2.75) is 58.2 Å². The molecule has 20 heavy (non-hydrogen) atoms. The Balaban J connectivity index is 1.85. The van der Waals surface area contributed by atoms with Gasteiger partial charge in [-0.15, -0.1) is 5.10 Å². The molecule has 6 heteroatoms. The van der Waals surface area contributed by atoms with Crippen molar-refractivity contribution in [3.05, 3.63) is 11.9 Å². The average Bonchev–Trinajstić information content (AvgIpc) is 2.92. The lowest BCUT2D eigenvalue weighted by Crippen LogP contribution is -2.40. The van der Waals surface area contributed by atoms with Crippen LogP contribution < -0.4 is 5.32 Å². The second kappa shape index (κ2) is 7.38. The molecule has 0 spiro atoms. The minimum Gasteiger partial charge on any atom is -0.341 e. The van der Waals surface area contributed by atoms with Gasteiger partial charge in [0.2, 0.25) is 5.91 Å². The zero-order valence-electron chi connectivity index (χ0n) is 12.5. The van der Waals surface area contributed by atoms with Crippen molar-refractivity contribution < 1.29 is 4.79 Å². The Morgan fingerprint density at radius 2 is 2.20 bits per heavy atom. The van der Waals surface area contributed by atoms with E-state index in [0.717, 1.165) is 25.1 Å². The van der Waals surface area contributed by atoms with Crippen molar-refractivity contribution in [3.8, 4) is 0 Å². The molecule has 1 aromatic heterocycles. The van der Waals surface area contributed by atoms with E-state index < -0.39 is 0 Å². The topological polar surface area (TPSA) is 63.1 Å². The van der Waals surface area contributed by atoms with Crippen molar-refractivity contribution in [1.82, 2.24) is 25.2 Å². The minimum atomic E-state index is 0.122. The van der Waals surface area contributed by atoms with Gasteiger partial charge in [0, 0.05) is 19.6 Å². The monoisotopic (exact) mass is 279 g/mol. The fourth-order valence-electron chi connectivity index (χ4n) is 2.67. The van der Waals surface area contributed by atoms with Gasteiger partial charge in [0.15, 0.2) is 0 Å². The van der Waals surface area contributed by atoms with E-state index in [1.165, 1.54) is 19.3 Å². The first-order valence-electron chi connectivity index (χ1n) is 7.56. The van der Waals surface area contributed by atoms with E-state index in [1.807, 2.05) is 25.1 Å². The molecular weight excluding hydrogens is 254 g/mol. The van der Waals surface area contributed by atoms with Crippen LogP contribution >= 0.6 is 0 Å². The second-order valence-electron chi connectivity index (χ2n) is 5.48. The fraction of sp³-hybridized carbons (Fsp3) is 0.786. The van der Waals surface area contributed by atoms with Gasteiger partial charge in [0.05, 0.1) is 11.9 Å². The van der Waals surface area contributed by atoms with Gasteiger partial charge in [-0.25, -0.2) is 4.68 Å². The summed E-state index contributed by atoms with van der Waals surface area (Å²) in [6, 6.07) is 0.404. The number of carbonyl (C=O) groups excluding carboxylic acids is 1. The smallest absolute Gasteiger partial charge is 0.244 e. The van der Waals surface area contributed by atoms with Crippen LogP contribution in [0.25, 0.3) is 0 Å². The van der Waals surface area contributed by atoms with Crippen LogP contribution in [0.2, 0.25) is 0 Å². The van der Waals surface area contributed by atoms with Crippen LogP contribution in [0.3, 0.4) is 0 Å². The minimum absolute atomic E-state index is 0.122. The van der Waals surface area contributed by atoms with Crippen LogP contribution in [0, 0.1) is 0 Å². The predicted octanol–water partition coefficient (Wildman–Crippen LogP) is 1.18. The Hall–Kier alpha value is -1.43. The van der Waals surface area contributed by atoms with Gasteiger partial charge in [0.25, 0.3) is 0 Å². The van der Waals surface area contributed by atoms with Gasteiger partial charge in [0.1, 0.15) is 6.54 Å². The molecule has 1 fully saturated rings. The molecule has 0 atom stereocenters. The first kappa shape index (κ1) is 15.0. The van der Waals surface area contributed by atoms with Crippen LogP contribution in [0.1, 0.15) is 44.7 Å². The highest BCUT2D eigenvalue weighted by molar-refractivity contribution is 5.75. The third-order valence-electron chi connectivity index (χ3n) is 3.96. The molecule has 1 aliphatic carbocycles. The third kappa shape index (κ3) is 4.03. The number of hydrogen-bond acceptors (Lipinski definition) is 4. The molecule has 112 valence electrons. The van der Waals surface area contributed by atoms with Crippen LogP contribution in [0.5, 0.6) is 0 Å². The Morgan fingerprint density at radius 1 is 1.45 bits per heavy atom. The highest BCUT2D eigenvalue weighted by Crippen LogP contribution is 2.21. The molecule has 2 rings (SSSR count). The van der Waals surface area contributed by atoms with E-state index in [4.69, 9.17) is 0 Å². The second-order valence-corrected chi connectivity index (χ2v) is 5.48. The van der Waals surface area contributed by atoms with Gasteiger partial charge < -0.3 is 10.2 Å². The summed E-state index contributed by atoms with van der Waals surface area (Å²) < 4.78 is 1.63. The van der Waals surface area contributed by atoms with Crippen molar-refractivity contribution in [1.29, 1.82) is 0 Å². The van der Waals surface area contributed by atoms with Gasteiger partial charge in [-0.3, -0.25) is 4.79 Å². The number of nitrogens with zero attached hydrogens (tertiary/aromatic N) is 4. The molecule has 6 nitrogen and oxygen atoms in total. The molecule has 1 aromatic rings. The maximum Gasteiger partial charge on any atom is 0.244 e. The van der Waals surface area contributed by atoms with E-state index in [2.05, 4.69) is 15.6 Å². The summed E-state index contributed by atoms with van der Waals surface area (Å²) in [5, 5.41) is 11.3. The zero-order valence-corrected chi connectivity index (χ0v) is 12.5. The molecule has 0 aromatic carbocycles. The third-order valence-corrected chi connectivity index (χ3v) is 3.96. The largest absolute Gasteiger partial charge is 0.341 e. The van der Waals surface area contributed by atoms with Crippen LogP contribution in [-0.2, 0) is 17.9 Å². The van der Waals surface area contributed by atoms with Crippen molar-refractivity contribution >= 4 is 5.91 Å². The highest BCUT2D eigenvalue weighted by atomic mass is 16.2. The molecule has 1 N–H and O–H groups in total. The molecule has 1 saturated carbocycles. The molecule has 0 unspecified atom stereocenters. The summed E-state index contributed by atoms with van der Waals surface area (Å²) in [4.78, 5) is 14.2. The summed E-state index contributed by atoms with van der Waals surface area (Å²) >= 11 is 0. The molecule has 1 heterocycles. The quantitative estimate of drug-likeness (QED) is 0.849. The number of amides is 1. The number of rotatable bonds is 6. The van der Waals surface area contributed by atoms with Crippen molar-refractivity contribution in [2.75, 3.05) is 13.6 Å². The van der Waals surface area contributed by atoms with Crippen LogP contribution in [-0.4, -0.2) is 45.4 Å². The molecule has 0 aliphatic heterocycles. The Bertz CT molecular complexity index is 425. The SMILES string of the molecule is CCNCc1cn(CC(=O)N(C)C2CCCCC2)nn1. The van der Waals surface area contributed by atoms with Gasteiger partial charge in [-0.05, 0) is 19.4 Å². The van der Waals surface area contributed by atoms with E-state index in [1.54, 1.807) is 4.68 Å². The highest BCUT2D eigenvalue weighted by Gasteiger charge is 2.22. The first-order chi connectivity index (χ1) is 9.70. The van der Waals surface area contributed by atoms with E-state index in [-0.39, 0.29) is 12.5 Å². The van der Waals surface area contributed by atoms with Gasteiger partial charge >= 0.3 is 0 Å². The predicted molar refractivity (Wildman–Crippen MR) is 77.0 cm³/mol. The summed E-state index contributed by atoms with van der Waals surface area (Å²) in [6.07, 6.45) is 7.87. The summed E-state index contributed by atoms with van der Waals surface area (Å²) in [5.41, 5.74) is 0.875. The number of nitrogens with one attached hydrogen (secondary N) is 1. The van der Waals surface area contributed by atoms with Crippen molar-refractivity contribution in [2.24, 2.45) is 0 Å². The maximum absolute atomic E-state index is 12.3. The maximum atomic E-state index is 12.3. The normalized spacial score (nSPS) is 16.3. The fourth-order valence-corrected chi connectivity index (χ4v) is 2.67. The average molecular weight is 279 g/mol. The van der Waals surface area contributed by atoms with Crippen molar-refractivity contribution in [3.63, 3.8) is 0 Å². The lowest BCUT2D eigenvalue weighted by molar-refractivity contribution is -0.133. The van der Waals surface area contributed by atoms with E-state index in [0.29, 0.717) is 12.6 Å². The van der Waals surface area contributed by atoms with E-state index >= 15 is 0 Å². The molecule has 1 amide bonds. The molecular formula is C14H25N5O. The molecule has 0 saturated heterocycles. The molecule has 0 bridgehead atoms. The number of aromatic nitrogens is 3. The Kier molecular flexibility index (Phi) is 5.52. The number of likely N-dealkylation sites (N-methyl/N-ethyl adjacent to an activating group) is 1. The lowest BCUT2D eigenvalue weighted by atomic mass is 9.94. The standard InChI is InChI=1S/C14H25N5O/c1-3-15-9-12-10-19(17-16-12)11-14(20)18(2)13-7-5-4-6-8-13/h10,13,15H,3-9,11H2,1-2H3. The summed E-state index contributed by atoms with van der Waals surface area (Å²) in [7, 11) is 1.91. The van der Waals surface area contributed by atoms with E-state index in [9.17, 15) is 4.79 Å². The first-order valence-corrected chi connectivity index (χ1v) is 7.56. The molecule has 0 radical (unpaired) electrons. The Morgan fingerprint density at radius 3 is 2.90 bits per heavy atom. The lowest BCUT2D eigenvalue weighted by Gasteiger charge is -2.31. The number of hydrogen-bond donors (Lipinski definition) is 1. The summed E-state index contributed by atoms with van der Waals surface area (Å²) in [5.74, 6) is 0.122. The van der Waals surface area contributed by atoms with Crippen LogP contribution in [0.4, 0.5) is 0 Å². The zero-order chi connectivity index (χ0) is 14.4. The van der Waals surface area contributed by atoms with Gasteiger partial charge in [-0.1, -0.05) is 31.4 Å². The van der Waals surface area contributed by atoms with Crippen LogP contribution in [0.15, 0.2) is 6.20 Å². The molecule has 1 aliphatic rings. The van der Waals surface area contributed by atoms with Gasteiger partial charge in [-0.2, -0.15) is 0 Å².